The second kappa shape index (κ2) is 10.6. The van der Waals surface area contributed by atoms with Crippen LogP contribution in [0.25, 0.3) is 70.9 Å². The van der Waals surface area contributed by atoms with Crippen molar-refractivity contribution >= 4 is 59.7 Å². The first-order valence-electron chi connectivity index (χ1n) is 14.7. The van der Waals surface area contributed by atoms with E-state index < -0.39 is 0 Å². The van der Waals surface area contributed by atoms with Gasteiger partial charge in [-0.2, -0.15) is 6.07 Å². The first kappa shape index (κ1) is 27.5. The molecule has 0 fully saturated rings. The van der Waals surface area contributed by atoms with Crippen molar-refractivity contribution in [3.8, 4) is 11.3 Å². The number of hydrogen-bond acceptors (Lipinski definition) is 3. The molecule has 6 heteroatoms. The van der Waals surface area contributed by atoms with E-state index in [0.29, 0.717) is 0 Å². The first-order chi connectivity index (χ1) is 21.6. The topological polar surface area (TPSA) is 28.2 Å². The van der Waals surface area contributed by atoms with Crippen LogP contribution >= 0.6 is 0 Å². The van der Waals surface area contributed by atoms with Crippen molar-refractivity contribution in [3.05, 3.63) is 146 Å². The summed E-state index contributed by atoms with van der Waals surface area (Å²) in [6, 6.07) is 36.5. The molecule has 0 saturated carbocycles. The standard InChI is InChI=1S/C24H15N2.C15H12N3.Ir/c1-26-13-22-21-12-18-10-16-6-3-2-5-15(16)9-17(18)11-20(21)19-7-4-8-25-24(19)23(22)14-26;1-16-10-15-13-7-3-2-6-12(13)14-8-4-5-9-17(14)18(15)11-16;/h2-13H,1H3;2-8,10-11H,1H3;/q2*-1;+3. The molecule has 5 nitrogen and oxygen atoms in total. The van der Waals surface area contributed by atoms with Gasteiger partial charge in [0.15, 0.2) is 0 Å². The minimum atomic E-state index is 0. The number of aromatic nitrogens is 3. The second-order valence-corrected chi connectivity index (χ2v) is 11.5. The van der Waals surface area contributed by atoms with Crippen LogP contribution in [-0.2, 0) is 27.2 Å². The van der Waals surface area contributed by atoms with E-state index in [4.69, 9.17) is 0 Å². The third kappa shape index (κ3) is 4.33. The van der Waals surface area contributed by atoms with Gasteiger partial charge in [-0.1, -0.05) is 85.0 Å². The molecule has 0 radical (unpaired) electrons. The number of nitrogens with zero attached hydrogens (tertiary/aromatic N) is 5. The van der Waals surface area contributed by atoms with Crippen LogP contribution in [0.5, 0.6) is 0 Å². The fraction of sp³-hybridized carbons (Fsp3) is 0.0513. The summed E-state index contributed by atoms with van der Waals surface area (Å²) in [7, 11) is 4.06. The van der Waals surface area contributed by atoms with Gasteiger partial charge in [-0.05, 0) is 82.4 Å². The molecule has 0 amide bonds. The summed E-state index contributed by atoms with van der Waals surface area (Å²) < 4.78 is 4.06. The maximum Gasteiger partial charge on any atom is 3.00 e. The Balaban J connectivity index is 0.000000139. The predicted molar refractivity (Wildman–Crippen MR) is 179 cm³/mol. The van der Waals surface area contributed by atoms with Crippen LogP contribution in [-0.4, -0.2) is 21.5 Å². The molecule has 0 aliphatic carbocycles. The van der Waals surface area contributed by atoms with Crippen LogP contribution in [0, 0.1) is 19.1 Å². The van der Waals surface area contributed by atoms with Crippen LogP contribution < -0.4 is 9.69 Å². The monoisotopic (exact) mass is 758 g/mol. The summed E-state index contributed by atoms with van der Waals surface area (Å²) in [5.41, 5.74) is 5.89. The summed E-state index contributed by atoms with van der Waals surface area (Å²) >= 11 is 0. The maximum atomic E-state index is 4.66. The average molecular weight is 758 g/mol. The molecule has 3 aromatic heterocycles. The number of rotatable bonds is 0. The smallest absolute Gasteiger partial charge is 0.504 e. The second-order valence-electron chi connectivity index (χ2n) is 11.5. The van der Waals surface area contributed by atoms with E-state index in [2.05, 4.69) is 136 Å². The molecule has 45 heavy (non-hydrogen) atoms. The fourth-order valence-electron chi connectivity index (χ4n) is 6.75. The van der Waals surface area contributed by atoms with Crippen molar-refractivity contribution in [1.29, 1.82) is 0 Å². The van der Waals surface area contributed by atoms with Crippen molar-refractivity contribution in [1.82, 2.24) is 14.5 Å². The third-order valence-corrected chi connectivity index (χ3v) is 8.68. The Morgan fingerprint density at radius 2 is 1.42 bits per heavy atom. The van der Waals surface area contributed by atoms with Gasteiger partial charge >= 0.3 is 20.1 Å². The number of benzene rings is 5. The Labute approximate surface area is 274 Å². The Kier molecular flexibility index (Phi) is 6.45. The normalized spacial score (nSPS) is 13.3. The number of fused-ring (bicyclic) bond motifs is 14. The minimum absolute atomic E-state index is 0. The van der Waals surface area contributed by atoms with Crippen LogP contribution in [0.2, 0.25) is 0 Å². The molecule has 2 aliphatic rings. The van der Waals surface area contributed by atoms with Gasteiger partial charge in [0.25, 0.3) is 0 Å². The van der Waals surface area contributed by atoms with Crippen molar-refractivity contribution in [2.24, 2.45) is 7.05 Å². The van der Waals surface area contributed by atoms with Crippen LogP contribution in [0.3, 0.4) is 0 Å². The van der Waals surface area contributed by atoms with E-state index in [1.807, 2.05) is 43.1 Å². The molecule has 0 spiro atoms. The summed E-state index contributed by atoms with van der Waals surface area (Å²) in [4.78, 5) is 6.72. The number of hydrogen-bond donors (Lipinski definition) is 0. The predicted octanol–water partition coefficient (Wildman–Crippen LogP) is 7.74. The Bertz CT molecular complexity index is 2480. The summed E-state index contributed by atoms with van der Waals surface area (Å²) in [6.45, 7) is 2.06. The van der Waals surface area contributed by atoms with Crippen molar-refractivity contribution in [2.45, 2.75) is 0 Å². The molecule has 10 rings (SSSR count). The van der Waals surface area contributed by atoms with Gasteiger partial charge in [0.1, 0.15) is 11.9 Å². The summed E-state index contributed by atoms with van der Waals surface area (Å²) in [5, 5.41) is 13.2. The van der Waals surface area contributed by atoms with Crippen molar-refractivity contribution in [2.75, 3.05) is 12.1 Å². The molecule has 216 valence electrons. The zero-order chi connectivity index (χ0) is 29.4. The van der Waals surface area contributed by atoms with Gasteiger partial charge in [0.2, 0.25) is 0 Å². The van der Waals surface area contributed by atoms with Gasteiger partial charge in [-0.15, -0.1) is 23.0 Å². The van der Waals surface area contributed by atoms with E-state index >= 15 is 0 Å². The van der Waals surface area contributed by atoms with Gasteiger partial charge in [-0.25, -0.2) is 4.68 Å². The largest absolute Gasteiger partial charge is 3.00 e. The number of pyridine rings is 2. The zero-order valence-electron chi connectivity index (χ0n) is 24.7. The van der Waals surface area contributed by atoms with Crippen LogP contribution in [0.15, 0.2) is 122 Å². The Morgan fingerprint density at radius 1 is 0.711 bits per heavy atom. The Hall–Kier alpha value is -5.03. The van der Waals surface area contributed by atoms with Gasteiger partial charge in [-0.3, -0.25) is 5.01 Å². The minimum Gasteiger partial charge on any atom is -0.504 e. The molecule has 2 aliphatic heterocycles. The quantitative estimate of drug-likeness (QED) is 0.0687. The van der Waals surface area contributed by atoms with E-state index in [0.717, 1.165) is 16.6 Å². The fourth-order valence-corrected chi connectivity index (χ4v) is 6.75. The SMILES string of the molecule is CN1C=C2c3ccccc3-c3ccc[c-][n+]3N2[CH-]1.Cn1[c-]c2c(c1)c1cc3cc4ccccc4cc3cc1c1cccnc21.[Ir+3]. The van der Waals surface area contributed by atoms with Gasteiger partial charge in [0, 0.05) is 17.3 Å². The van der Waals surface area contributed by atoms with Gasteiger partial charge < -0.3 is 14.5 Å². The zero-order valence-corrected chi connectivity index (χ0v) is 27.1. The maximum absolute atomic E-state index is 4.66. The van der Waals surface area contributed by atoms with Gasteiger partial charge in [0.05, 0.1) is 5.70 Å². The molecule has 0 saturated heterocycles. The van der Waals surface area contributed by atoms with Crippen molar-refractivity contribution in [3.63, 3.8) is 0 Å². The van der Waals surface area contributed by atoms with E-state index in [-0.39, 0.29) is 20.1 Å². The molecule has 0 atom stereocenters. The number of aryl methyl sites for hydroxylation is 1. The molecular weight excluding hydrogens is 731 g/mol. The Morgan fingerprint density at radius 3 is 2.20 bits per heavy atom. The van der Waals surface area contributed by atoms with Crippen molar-refractivity contribution < 1.29 is 24.8 Å². The summed E-state index contributed by atoms with van der Waals surface area (Å²) in [6.07, 6.45) is 12.8. The molecule has 5 aromatic carbocycles. The van der Waals surface area contributed by atoms with E-state index in [1.54, 1.807) is 0 Å². The van der Waals surface area contributed by atoms with Crippen LogP contribution in [0.1, 0.15) is 5.56 Å². The van der Waals surface area contributed by atoms with Crippen LogP contribution in [0.4, 0.5) is 0 Å². The first-order valence-corrected chi connectivity index (χ1v) is 14.7. The molecule has 8 aromatic rings. The van der Waals surface area contributed by atoms with E-state index in [9.17, 15) is 0 Å². The molecular formula is C39H27IrN5+. The van der Waals surface area contributed by atoms with E-state index in [1.165, 1.54) is 59.9 Å². The molecule has 0 bridgehead atoms. The third-order valence-electron chi connectivity index (χ3n) is 8.68. The summed E-state index contributed by atoms with van der Waals surface area (Å²) in [5.74, 6) is 0. The molecule has 0 N–H and O–H groups in total. The average Bonchev–Trinajstić information content (AvgIpc) is 3.66. The molecule has 0 unspecified atom stereocenters. The molecule has 5 heterocycles.